The Bertz CT molecular complexity index is 507. The Morgan fingerprint density at radius 2 is 2.00 bits per heavy atom. The Hall–Kier alpha value is -1.19. The third-order valence-electron chi connectivity index (χ3n) is 1.97. The molecule has 1 rings (SSSR count). The molecule has 18 heavy (non-hydrogen) atoms. The Morgan fingerprint density at radius 1 is 1.33 bits per heavy atom. The SMILES string of the molecule is COc1nc(Cl)nc(NCCS(=O)(=O)N(C)C)n1. The van der Waals surface area contributed by atoms with Gasteiger partial charge >= 0.3 is 6.01 Å². The van der Waals surface area contributed by atoms with Gasteiger partial charge in [0.2, 0.25) is 21.3 Å². The molecule has 0 saturated carbocycles. The first-order chi connectivity index (χ1) is 8.35. The minimum Gasteiger partial charge on any atom is -0.467 e. The van der Waals surface area contributed by atoms with Crippen LogP contribution in [0.25, 0.3) is 0 Å². The van der Waals surface area contributed by atoms with Crippen molar-refractivity contribution in [1.29, 1.82) is 0 Å². The normalized spacial score (nSPS) is 11.6. The van der Waals surface area contributed by atoms with Crippen molar-refractivity contribution in [1.82, 2.24) is 19.3 Å². The van der Waals surface area contributed by atoms with Gasteiger partial charge in [0.1, 0.15) is 0 Å². The second-order valence-electron chi connectivity index (χ2n) is 3.44. The molecule has 1 aromatic heterocycles. The average Bonchev–Trinajstić information content (AvgIpc) is 2.27. The Labute approximate surface area is 110 Å². The molecule has 0 aromatic carbocycles. The molecule has 0 aliphatic carbocycles. The number of hydrogen-bond acceptors (Lipinski definition) is 7. The molecular formula is C8H14ClN5O3S. The maximum Gasteiger partial charge on any atom is 0.322 e. The second kappa shape index (κ2) is 6.12. The summed E-state index contributed by atoms with van der Waals surface area (Å²) in [5, 5.41) is 2.71. The van der Waals surface area contributed by atoms with E-state index in [0.717, 1.165) is 4.31 Å². The number of hydrogen-bond donors (Lipinski definition) is 1. The molecule has 1 N–H and O–H groups in total. The van der Waals surface area contributed by atoms with Gasteiger partial charge in [0.15, 0.2) is 0 Å². The maximum atomic E-state index is 11.5. The summed E-state index contributed by atoms with van der Waals surface area (Å²) in [7, 11) is 1.08. The molecule has 0 bridgehead atoms. The van der Waals surface area contributed by atoms with Gasteiger partial charge in [0.25, 0.3) is 0 Å². The smallest absolute Gasteiger partial charge is 0.322 e. The van der Waals surface area contributed by atoms with Gasteiger partial charge in [0, 0.05) is 20.6 Å². The molecule has 0 aliphatic heterocycles. The first-order valence-corrected chi connectivity index (χ1v) is 6.93. The number of anilines is 1. The first kappa shape index (κ1) is 14.9. The van der Waals surface area contributed by atoms with E-state index in [0.29, 0.717) is 0 Å². The van der Waals surface area contributed by atoms with Gasteiger partial charge in [-0.1, -0.05) is 0 Å². The van der Waals surface area contributed by atoms with E-state index in [1.54, 1.807) is 0 Å². The van der Waals surface area contributed by atoms with Crippen molar-refractivity contribution in [3.63, 3.8) is 0 Å². The van der Waals surface area contributed by atoms with Crippen LogP contribution in [0.2, 0.25) is 5.28 Å². The summed E-state index contributed by atoms with van der Waals surface area (Å²) in [5.41, 5.74) is 0. The standard InChI is InChI=1S/C8H14ClN5O3S/c1-14(2)18(15,16)5-4-10-7-11-6(9)12-8(13-7)17-3/h4-5H2,1-3H3,(H,10,11,12,13). The van der Waals surface area contributed by atoms with E-state index in [1.165, 1.54) is 21.2 Å². The zero-order chi connectivity index (χ0) is 13.8. The highest BCUT2D eigenvalue weighted by molar-refractivity contribution is 7.89. The zero-order valence-electron chi connectivity index (χ0n) is 10.2. The van der Waals surface area contributed by atoms with E-state index in [1.807, 2.05) is 0 Å². The van der Waals surface area contributed by atoms with Crippen molar-refractivity contribution < 1.29 is 13.2 Å². The number of nitrogens with zero attached hydrogens (tertiary/aromatic N) is 4. The van der Waals surface area contributed by atoms with E-state index >= 15 is 0 Å². The van der Waals surface area contributed by atoms with Gasteiger partial charge in [-0.25, -0.2) is 12.7 Å². The molecule has 8 nitrogen and oxygen atoms in total. The van der Waals surface area contributed by atoms with Crippen LogP contribution in [-0.4, -0.2) is 61.2 Å². The van der Waals surface area contributed by atoms with Crippen molar-refractivity contribution in [2.24, 2.45) is 0 Å². The van der Waals surface area contributed by atoms with E-state index in [4.69, 9.17) is 16.3 Å². The lowest BCUT2D eigenvalue weighted by atomic mass is 10.7. The fraction of sp³-hybridized carbons (Fsp3) is 0.625. The third-order valence-corrected chi connectivity index (χ3v) is 3.97. The molecule has 1 heterocycles. The van der Waals surface area contributed by atoms with Gasteiger partial charge in [-0.05, 0) is 11.6 Å². The molecule has 0 fully saturated rings. The second-order valence-corrected chi connectivity index (χ2v) is 6.08. The van der Waals surface area contributed by atoms with E-state index < -0.39 is 10.0 Å². The summed E-state index contributed by atoms with van der Waals surface area (Å²) >= 11 is 5.64. The lowest BCUT2D eigenvalue weighted by molar-refractivity contribution is 0.379. The fourth-order valence-electron chi connectivity index (χ4n) is 0.977. The number of halogens is 1. The van der Waals surface area contributed by atoms with Gasteiger partial charge in [-0.2, -0.15) is 15.0 Å². The lowest BCUT2D eigenvalue weighted by Crippen LogP contribution is -2.28. The number of sulfonamides is 1. The molecule has 10 heteroatoms. The minimum absolute atomic E-state index is 0.0279. The molecule has 1 aromatic rings. The molecule has 0 spiro atoms. The monoisotopic (exact) mass is 295 g/mol. The molecule has 0 unspecified atom stereocenters. The van der Waals surface area contributed by atoms with Crippen LogP contribution < -0.4 is 10.1 Å². The number of ether oxygens (including phenoxy) is 1. The molecule has 0 aliphatic rings. The quantitative estimate of drug-likeness (QED) is 0.778. The van der Waals surface area contributed by atoms with Gasteiger partial charge in [-0.15, -0.1) is 0 Å². The van der Waals surface area contributed by atoms with Crippen LogP contribution >= 0.6 is 11.6 Å². The summed E-state index contributed by atoms with van der Waals surface area (Å²) in [6.07, 6.45) is 0. The highest BCUT2D eigenvalue weighted by atomic mass is 35.5. The molecule has 0 radical (unpaired) electrons. The largest absolute Gasteiger partial charge is 0.467 e. The number of rotatable bonds is 6. The Balaban J connectivity index is 2.62. The summed E-state index contributed by atoms with van der Waals surface area (Å²) in [6.45, 7) is 0.157. The number of methoxy groups -OCH3 is 1. The van der Waals surface area contributed by atoms with Crippen LogP contribution in [0.3, 0.4) is 0 Å². The van der Waals surface area contributed by atoms with Crippen LogP contribution in [0, 0.1) is 0 Å². The van der Waals surface area contributed by atoms with Crippen molar-refractivity contribution >= 4 is 27.6 Å². The molecule has 0 amide bonds. The summed E-state index contributed by atoms with van der Waals surface area (Å²) in [4.78, 5) is 11.3. The average molecular weight is 296 g/mol. The van der Waals surface area contributed by atoms with Crippen LogP contribution in [0.15, 0.2) is 0 Å². The predicted molar refractivity (Wildman–Crippen MR) is 67.4 cm³/mol. The summed E-state index contributed by atoms with van der Waals surface area (Å²) in [5.74, 6) is 0.0897. The molecule has 0 saturated heterocycles. The van der Waals surface area contributed by atoms with Crippen molar-refractivity contribution in [3.8, 4) is 6.01 Å². The maximum absolute atomic E-state index is 11.5. The molecule has 0 atom stereocenters. The van der Waals surface area contributed by atoms with Crippen LogP contribution in [0.1, 0.15) is 0 Å². The first-order valence-electron chi connectivity index (χ1n) is 4.95. The Kier molecular flexibility index (Phi) is 5.05. The van der Waals surface area contributed by atoms with Crippen LogP contribution in [-0.2, 0) is 10.0 Å². The van der Waals surface area contributed by atoms with Gasteiger partial charge in [-0.3, -0.25) is 0 Å². The van der Waals surface area contributed by atoms with Crippen molar-refractivity contribution in [3.05, 3.63) is 5.28 Å². The predicted octanol–water partition coefficient (Wildman–Crippen LogP) is -0.163. The Morgan fingerprint density at radius 3 is 2.56 bits per heavy atom. The molecule has 102 valence electrons. The third kappa shape index (κ3) is 4.24. The molecular weight excluding hydrogens is 282 g/mol. The minimum atomic E-state index is -3.26. The van der Waals surface area contributed by atoms with E-state index in [-0.39, 0.29) is 29.5 Å². The van der Waals surface area contributed by atoms with E-state index in [9.17, 15) is 8.42 Å². The lowest BCUT2D eigenvalue weighted by Gasteiger charge is -2.11. The number of aromatic nitrogens is 3. The number of nitrogens with one attached hydrogen (secondary N) is 1. The fourth-order valence-corrected chi connectivity index (χ4v) is 1.85. The van der Waals surface area contributed by atoms with Crippen molar-refractivity contribution in [2.45, 2.75) is 0 Å². The summed E-state index contributed by atoms with van der Waals surface area (Å²) in [6, 6.07) is 0.0629. The van der Waals surface area contributed by atoms with Gasteiger partial charge < -0.3 is 10.1 Å². The van der Waals surface area contributed by atoms with Gasteiger partial charge in [0.05, 0.1) is 12.9 Å². The van der Waals surface area contributed by atoms with Crippen molar-refractivity contribution in [2.75, 3.05) is 38.8 Å². The summed E-state index contributed by atoms with van der Waals surface area (Å²) < 4.78 is 28.9. The highest BCUT2D eigenvalue weighted by Gasteiger charge is 2.13. The highest BCUT2D eigenvalue weighted by Crippen LogP contribution is 2.10. The van der Waals surface area contributed by atoms with E-state index in [2.05, 4.69) is 20.3 Å². The zero-order valence-corrected chi connectivity index (χ0v) is 11.8. The van der Waals surface area contributed by atoms with Crippen LogP contribution in [0.5, 0.6) is 6.01 Å². The topological polar surface area (TPSA) is 97.3 Å². The van der Waals surface area contributed by atoms with Crippen LogP contribution in [0.4, 0.5) is 5.95 Å².